The first-order valence-electron chi connectivity index (χ1n) is 6.73. The largest absolute Gasteiger partial charge is 0.465 e. The summed E-state index contributed by atoms with van der Waals surface area (Å²) in [5.74, 6) is -0.179. The number of amides is 1. The average Bonchev–Trinajstić information content (AvgIpc) is 3.06. The molecule has 1 atom stereocenters. The molecule has 0 bridgehead atoms. The number of methoxy groups -OCH3 is 1. The second-order valence-corrected chi connectivity index (χ2v) is 5.99. The second kappa shape index (κ2) is 6.85. The molecule has 1 aromatic heterocycles. The Morgan fingerprint density at radius 2 is 2.35 bits per heavy atom. The van der Waals surface area contributed by atoms with Crippen LogP contribution >= 0.6 is 11.3 Å². The molecule has 0 aliphatic carbocycles. The van der Waals surface area contributed by atoms with Gasteiger partial charge in [-0.25, -0.2) is 4.79 Å². The van der Waals surface area contributed by atoms with Gasteiger partial charge in [0, 0.05) is 17.8 Å². The standard InChI is InChI=1S/C14H19NO4S/c1-19-14(18)12-6-5-11(20-12)3-2-8-15-10(9-16)4-7-13(15)17/h5-6,10,16H,2-4,7-9H2,1H3/t10-/m1/s1. The minimum atomic E-state index is -0.309. The summed E-state index contributed by atoms with van der Waals surface area (Å²) < 4.78 is 4.67. The predicted molar refractivity (Wildman–Crippen MR) is 75.8 cm³/mol. The topological polar surface area (TPSA) is 66.8 Å². The first kappa shape index (κ1) is 15.0. The molecule has 2 rings (SSSR count). The van der Waals surface area contributed by atoms with E-state index in [4.69, 9.17) is 0 Å². The lowest BCUT2D eigenvalue weighted by molar-refractivity contribution is -0.129. The van der Waals surface area contributed by atoms with Crippen LogP contribution in [0.5, 0.6) is 0 Å². The number of hydrogen-bond donors (Lipinski definition) is 1. The minimum absolute atomic E-state index is 0.0172. The number of aliphatic hydroxyl groups excluding tert-OH is 1. The van der Waals surface area contributed by atoms with Crippen LogP contribution in [-0.2, 0) is 16.0 Å². The van der Waals surface area contributed by atoms with Gasteiger partial charge in [0.1, 0.15) is 4.88 Å². The van der Waals surface area contributed by atoms with Gasteiger partial charge in [0.15, 0.2) is 0 Å². The van der Waals surface area contributed by atoms with Crippen molar-refractivity contribution in [2.24, 2.45) is 0 Å². The number of esters is 1. The molecule has 1 aliphatic rings. The van der Waals surface area contributed by atoms with Crippen LogP contribution in [0.3, 0.4) is 0 Å². The maximum absolute atomic E-state index is 11.7. The average molecular weight is 297 g/mol. The van der Waals surface area contributed by atoms with Crippen molar-refractivity contribution in [1.29, 1.82) is 0 Å². The van der Waals surface area contributed by atoms with Crippen LogP contribution in [0.4, 0.5) is 0 Å². The molecule has 0 radical (unpaired) electrons. The fourth-order valence-corrected chi connectivity index (χ4v) is 3.40. The summed E-state index contributed by atoms with van der Waals surface area (Å²) >= 11 is 1.43. The zero-order valence-corrected chi connectivity index (χ0v) is 12.3. The third-order valence-corrected chi connectivity index (χ3v) is 4.66. The van der Waals surface area contributed by atoms with Gasteiger partial charge in [-0.05, 0) is 31.4 Å². The summed E-state index contributed by atoms with van der Waals surface area (Å²) in [6, 6.07) is 3.67. The fraction of sp³-hybridized carbons (Fsp3) is 0.571. The van der Waals surface area contributed by atoms with Gasteiger partial charge in [0.2, 0.25) is 5.91 Å². The molecule has 0 unspecified atom stereocenters. The normalized spacial score (nSPS) is 18.6. The van der Waals surface area contributed by atoms with Crippen molar-refractivity contribution in [3.05, 3.63) is 21.9 Å². The molecule has 0 spiro atoms. The van der Waals surface area contributed by atoms with Crippen molar-refractivity contribution in [2.75, 3.05) is 20.3 Å². The van der Waals surface area contributed by atoms with Crippen LogP contribution in [0.2, 0.25) is 0 Å². The highest BCUT2D eigenvalue weighted by Crippen LogP contribution is 2.21. The summed E-state index contributed by atoms with van der Waals surface area (Å²) in [4.78, 5) is 26.5. The molecule has 0 saturated carbocycles. The van der Waals surface area contributed by atoms with E-state index in [1.54, 1.807) is 11.0 Å². The number of nitrogens with zero attached hydrogens (tertiary/aromatic N) is 1. The highest BCUT2D eigenvalue weighted by atomic mass is 32.1. The minimum Gasteiger partial charge on any atom is -0.465 e. The lowest BCUT2D eigenvalue weighted by Crippen LogP contribution is -2.36. The Morgan fingerprint density at radius 1 is 1.55 bits per heavy atom. The summed E-state index contributed by atoms with van der Waals surface area (Å²) in [7, 11) is 1.37. The van der Waals surface area contributed by atoms with Crippen molar-refractivity contribution in [3.63, 3.8) is 0 Å². The number of likely N-dealkylation sites (tertiary alicyclic amines) is 1. The summed E-state index contributed by atoms with van der Waals surface area (Å²) in [6.45, 7) is 0.701. The Morgan fingerprint density at radius 3 is 3.05 bits per heavy atom. The smallest absolute Gasteiger partial charge is 0.348 e. The quantitative estimate of drug-likeness (QED) is 0.807. The van der Waals surface area contributed by atoms with Gasteiger partial charge in [-0.3, -0.25) is 4.79 Å². The maximum Gasteiger partial charge on any atom is 0.348 e. The van der Waals surface area contributed by atoms with Crippen LogP contribution in [0.15, 0.2) is 12.1 Å². The van der Waals surface area contributed by atoms with E-state index in [-0.39, 0.29) is 24.5 Å². The molecular weight excluding hydrogens is 278 g/mol. The molecule has 2 heterocycles. The molecule has 6 heteroatoms. The van der Waals surface area contributed by atoms with E-state index in [1.165, 1.54) is 18.4 Å². The van der Waals surface area contributed by atoms with Crippen molar-refractivity contribution in [1.82, 2.24) is 4.90 Å². The summed E-state index contributed by atoms with van der Waals surface area (Å²) in [5, 5.41) is 9.22. The van der Waals surface area contributed by atoms with E-state index in [0.717, 1.165) is 24.1 Å². The number of hydrogen-bond acceptors (Lipinski definition) is 5. The van der Waals surface area contributed by atoms with Crippen LogP contribution in [0.25, 0.3) is 0 Å². The molecule has 1 saturated heterocycles. The van der Waals surface area contributed by atoms with E-state index >= 15 is 0 Å². The van der Waals surface area contributed by atoms with Gasteiger partial charge in [-0.1, -0.05) is 0 Å². The number of ether oxygens (including phenoxy) is 1. The van der Waals surface area contributed by atoms with Crippen molar-refractivity contribution < 1.29 is 19.4 Å². The number of thiophene rings is 1. The lowest BCUT2D eigenvalue weighted by Gasteiger charge is -2.22. The first-order chi connectivity index (χ1) is 9.65. The Hall–Kier alpha value is -1.40. The van der Waals surface area contributed by atoms with Crippen LogP contribution in [0.1, 0.15) is 33.8 Å². The number of aryl methyl sites for hydroxylation is 1. The third-order valence-electron chi connectivity index (χ3n) is 3.53. The Labute approximate surface area is 122 Å². The lowest BCUT2D eigenvalue weighted by atomic mass is 10.2. The highest BCUT2D eigenvalue weighted by molar-refractivity contribution is 7.13. The van der Waals surface area contributed by atoms with Gasteiger partial charge in [-0.15, -0.1) is 11.3 Å². The van der Waals surface area contributed by atoms with E-state index in [2.05, 4.69) is 4.74 Å². The zero-order chi connectivity index (χ0) is 14.5. The van der Waals surface area contributed by atoms with Crippen LogP contribution < -0.4 is 0 Å². The number of aliphatic hydroxyl groups is 1. The van der Waals surface area contributed by atoms with Gasteiger partial charge in [-0.2, -0.15) is 0 Å². The fourth-order valence-electron chi connectivity index (χ4n) is 2.44. The highest BCUT2D eigenvalue weighted by Gasteiger charge is 2.29. The zero-order valence-electron chi connectivity index (χ0n) is 11.5. The Bertz CT molecular complexity index is 485. The van der Waals surface area contributed by atoms with Gasteiger partial charge >= 0.3 is 5.97 Å². The predicted octanol–water partition coefficient (Wildman–Crippen LogP) is 1.45. The molecule has 1 aromatic rings. The number of carbonyl (C=O) groups excluding carboxylic acids is 2. The molecule has 1 amide bonds. The van der Waals surface area contributed by atoms with E-state index < -0.39 is 0 Å². The molecule has 20 heavy (non-hydrogen) atoms. The van der Waals surface area contributed by atoms with Gasteiger partial charge in [0.25, 0.3) is 0 Å². The summed E-state index contributed by atoms with van der Waals surface area (Å²) in [6.07, 6.45) is 2.95. The van der Waals surface area contributed by atoms with Gasteiger partial charge < -0.3 is 14.7 Å². The Kier molecular flexibility index (Phi) is 5.14. The number of carbonyl (C=O) groups is 2. The monoisotopic (exact) mass is 297 g/mol. The van der Waals surface area contributed by atoms with Crippen molar-refractivity contribution in [3.8, 4) is 0 Å². The van der Waals surface area contributed by atoms with E-state index in [9.17, 15) is 14.7 Å². The third kappa shape index (κ3) is 3.37. The SMILES string of the molecule is COC(=O)c1ccc(CCCN2C(=O)CC[C@@H]2CO)s1. The number of rotatable bonds is 6. The van der Waals surface area contributed by atoms with Crippen molar-refractivity contribution in [2.45, 2.75) is 31.7 Å². The molecule has 1 fully saturated rings. The van der Waals surface area contributed by atoms with Crippen LogP contribution in [-0.4, -0.2) is 48.2 Å². The van der Waals surface area contributed by atoms with Crippen LogP contribution in [0, 0.1) is 0 Å². The molecule has 5 nitrogen and oxygen atoms in total. The van der Waals surface area contributed by atoms with Crippen molar-refractivity contribution >= 4 is 23.2 Å². The maximum atomic E-state index is 11.7. The second-order valence-electron chi connectivity index (χ2n) is 4.82. The molecular formula is C14H19NO4S. The summed E-state index contributed by atoms with van der Waals surface area (Å²) in [5.41, 5.74) is 0. The van der Waals surface area contributed by atoms with E-state index in [0.29, 0.717) is 17.8 Å². The molecule has 1 aliphatic heterocycles. The molecule has 1 N–H and O–H groups in total. The van der Waals surface area contributed by atoms with E-state index in [1.807, 2.05) is 6.07 Å². The molecule has 0 aromatic carbocycles. The first-order valence-corrected chi connectivity index (χ1v) is 7.54. The Balaban J connectivity index is 1.82. The molecule has 110 valence electrons. The van der Waals surface area contributed by atoms with Gasteiger partial charge in [0.05, 0.1) is 19.8 Å².